The van der Waals surface area contributed by atoms with Crippen molar-refractivity contribution in [2.24, 2.45) is 0 Å². The van der Waals surface area contributed by atoms with Gasteiger partial charge in [0.1, 0.15) is 5.69 Å². The zero-order valence-electron chi connectivity index (χ0n) is 13.2. The van der Waals surface area contributed by atoms with E-state index in [-0.39, 0.29) is 11.4 Å². The number of anilines is 2. The summed E-state index contributed by atoms with van der Waals surface area (Å²) in [5.74, 6) is -0.257. The number of rotatable bonds is 3. The number of nitrogens with zero attached hydrogens (tertiary/aromatic N) is 1. The Morgan fingerprint density at radius 2 is 1.91 bits per heavy atom. The molecule has 1 aromatic carbocycles. The lowest BCUT2D eigenvalue weighted by molar-refractivity contribution is 0.102. The molecule has 0 saturated carbocycles. The van der Waals surface area contributed by atoms with E-state index in [0.29, 0.717) is 16.4 Å². The first-order valence-electron chi connectivity index (χ1n) is 7.07. The summed E-state index contributed by atoms with van der Waals surface area (Å²) in [6.45, 7) is 8.06. The molecule has 0 spiro atoms. The standard InChI is InChI=1S/C17H20ClN3O/c1-11-13(18)6-5-7-14(11)20-16(22)15-9-8-12(10-19-15)21-17(2,3)4/h5-10,21H,1-4H3,(H,20,22). The van der Waals surface area contributed by atoms with Crippen molar-refractivity contribution in [3.63, 3.8) is 0 Å². The predicted molar refractivity (Wildman–Crippen MR) is 91.8 cm³/mol. The van der Waals surface area contributed by atoms with E-state index in [4.69, 9.17) is 11.6 Å². The van der Waals surface area contributed by atoms with E-state index >= 15 is 0 Å². The Labute approximate surface area is 135 Å². The smallest absolute Gasteiger partial charge is 0.274 e. The van der Waals surface area contributed by atoms with E-state index in [1.54, 1.807) is 24.4 Å². The van der Waals surface area contributed by atoms with Gasteiger partial charge in [-0.2, -0.15) is 0 Å². The van der Waals surface area contributed by atoms with Crippen LogP contribution in [0, 0.1) is 6.92 Å². The van der Waals surface area contributed by atoms with Crippen LogP contribution in [0.2, 0.25) is 5.02 Å². The van der Waals surface area contributed by atoms with Gasteiger partial charge in [0.05, 0.1) is 11.9 Å². The van der Waals surface area contributed by atoms with Crippen LogP contribution < -0.4 is 10.6 Å². The summed E-state index contributed by atoms with van der Waals surface area (Å²) >= 11 is 6.05. The molecule has 0 atom stereocenters. The van der Waals surface area contributed by atoms with Crippen LogP contribution in [0.3, 0.4) is 0 Å². The average Bonchev–Trinajstić information content (AvgIpc) is 2.43. The van der Waals surface area contributed by atoms with Gasteiger partial charge < -0.3 is 10.6 Å². The van der Waals surface area contributed by atoms with Gasteiger partial charge in [0.2, 0.25) is 0 Å². The van der Waals surface area contributed by atoms with Crippen molar-refractivity contribution in [1.82, 2.24) is 4.98 Å². The Kier molecular flexibility index (Phi) is 4.71. The number of amides is 1. The highest BCUT2D eigenvalue weighted by molar-refractivity contribution is 6.31. The maximum Gasteiger partial charge on any atom is 0.274 e. The highest BCUT2D eigenvalue weighted by Gasteiger charge is 2.12. The van der Waals surface area contributed by atoms with Gasteiger partial charge in [-0.05, 0) is 57.5 Å². The molecule has 2 aromatic rings. The van der Waals surface area contributed by atoms with Crippen molar-refractivity contribution < 1.29 is 4.79 Å². The quantitative estimate of drug-likeness (QED) is 0.876. The molecule has 0 aliphatic heterocycles. The molecule has 1 heterocycles. The predicted octanol–water partition coefficient (Wildman–Crippen LogP) is 4.51. The first-order chi connectivity index (χ1) is 10.3. The highest BCUT2D eigenvalue weighted by Crippen LogP contribution is 2.23. The fraction of sp³-hybridized carbons (Fsp3) is 0.294. The van der Waals surface area contributed by atoms with Gasteiger partial charge in [-0.3, -0.25) is 4.79 Å². The lowest BCUT2D eigenvalue weighted by atomic mass is 10.1. The van der Waals surface area contributed by atoms with Gasteiger partial charge in [-0.25, -0.2) is 4.98 Å². The van der Waals surface area contributed by atoms with E-state index < -0.39 is 0 Å². The molecule has 0 unspecified atom stereocenters. The second-order valence-corrected chi connectivity index (χ2v) is 6.58. The number of halogens is 1. The number of aromatic nitrogens is 1. The van der Waals surface area contributed by atoms with Crippen LogP contribution in [0.1, 0.15) is 36.8 Å². The van der Waals surface area contributed by atoms with Crippen molar-refractivity contribution in [2.75, 3.05) is 10.6 Å². The Morgan fingerprint density at radius 3 is 2.50 bits per heavy atom. The third-order valence-corrected chi connectivity index (χ3v) is 3.44. The number of benzene rings is 1. The van der Waals surface area contributed by atoms with E-state index in [0.717, 1.165) is 11.3 Å². The van der Waals surface area contributed by atoms with Crippen molar-refractivity contribution in [1.29, 1.82) is 0 Å². The first kappa shape index (κ1) is 16.3. The molecule has 22 heavy (non-hydrogen) atoms. The number of pyridine rings is 1. The minimum atomic E-state index is -0.257. The number of carbonyl (C=O) groups is 1. The van der Waals surface area contributed by atoms with Gasteiger partial charge >= 0.3 is 0 Å². The lowest BCUT2D eigenvalue weighted by Crippen LogP contribution is -2.26. The molecule has 5 heteroatoms. The first-order valence-corrected chi connectivity index (χ1v) is 7.45. The molecule has 2 N–H and O–H groups in total. The van der Waals surface area contributed by atoms with E-state index in [2.05, 4.69) is 36.4 Å². The molecule has 1 aromatic heterocycles. The molecular formula is C17H20ClN3O. The summed E-state index contributed by atoms with van der Waals surface area (Å²) < 4.78 is 0. The fourth-order valence-corrected chi connectivity index (χ4v) is 2.14. The van der Waals surface area contributed by atoms with Gasteiger partial charge in [0.15, 0.2) is 0 Å². The molecule has 0 saturated heterocycles. The molecule has 0 fully saturated rings. The van der Waals surface area contributed by atoms with Crippen molar-refractivity contribution in [2.45, 2.75) is 33.2 Å². The molecule has 0 aliphatic rings. The van der Waals surface area contributed by atoms with Crippen LogP contribution in [0.25, 0.3) is 0 Å². The fourth-order valence-electron chi connectivity index (χ4n) is 1.96. The number of nitrogens with one attached hydrogen (secondary N) is 2. The third kappa shape index (κ3) is 4.21. The maximum atomic E-state index is 12.2. The van der Waals surface area contributed by atoms with E-state index in [1.807, 2.05) is 19.1 Å². The molecule has 0 radical (unpaired) electrons. The maximum absolute atomic E-state index is 12.2. The Bertz CT molecular complexity index is 675. The third-order valence-electron chi connectivity index (χ3n) is 3.03. The minimum Gasteiger partial charge on any atom is -0.379 e. The van der Waals surface area contributed by atoms with Gasteiger partial charge in [-0.1, -0.05) is 17.7 Å². The zero-order valence-corrected chi connectivity index (χ0v) is 14.0. The normalized spacial score (nSPS) is 11.1. The monoisotopic (exact) mass is 317 g/mol. The number of carbonyl (C=O) groups excluding carboxylic acids is 1. The van der Waals surface area contributed by atoms with Gasteiger partial charge in [-0.15, -0.1) is 0 Å². The van der Waals surface area contributed by atoms with Crippen LogP contribution in [0.15, 0.2) is 36.5 Å². The second-order valence-electron chi connectivity index (χ2n) is 6.17. The molecule has 0 bridgehead atoms. The van der Waals surface area contributed by atoms with E-state index in [1.165, 1.54) is 0 Å². The molecule has 0 aliphatic carbocycles. The molecule has 1 amide bonds. The summed E-state index contributed by atoms with van der Waals surface area (Å²) in [5.41, 5.74) is 2.71. The second kappa shape index (κ2) is 6.36. The highest BCUT2D eigenvalue weighted by atomic mass is 35.5. The summed E-state index contributed by atoms with van der Waals surface area (Å²) in [5, 5.41) is 6.75. The number of hydrogen-bond donors (Lipinski definition) is 2. The molecular weight excluding hydrogens is 298 g/mol. The largest absolute Gasteiger partial charge is 0.379 e. The topological polar surface area (TPSA) is 54.0 Å². The van der Waals surface area contributed by atoms with Crippen LogP contribution in [-0.4, -0.2) is 16.4 Å². The van der Waals surface area contributed by atoms with Crippen LogP contribution in [-0.2, 0) is 0 Å². The van der Waals surface area contributed by atoms with Crippen LogP contribution in [0.4, 0.5) is 11.4 Å². The zero-order chi connectivity index (χ0) is 16.3. The molecule has 116 valence electrons. The summed E-state index contributed by atoms with van der Waals surface area (Å²) in [6.07, 6.45) is 1.66. The van der Waals surface area contributed by atoms with Gasteiger partial charge in [0.25, 0.3) is 5.91 Å². The van der Waals surface area contributed by atoms with Crippen molar-refractivity contribution in [3.8, 4) is 0 Å². The molecule has 2 rings (SSSR count). The van der Waals surface area contributed by atoms with Gasteiger partial charge in [0, 0.05) is 16.2 Å². The Hall–Kier alpha value is -2.07. The minimum absolute atomic E-state index is 0.0522. The average molecular weight is 318 g/mol. The van der Waals surface area contributed by atoms with E-state index in [9.17, 15) is 4.79 Å². The van der Waals surface area contributed by atoms with Crippen molar-refractivity contribution in [3.05, 3.63) is 52.8 Å². The number of hydrogen-bond acceptors (Lipinski definition) is 3. The van der Waals surface area contributed by atoms with Crippen LogP contribution in [0.5, 0.6) is 0 Å². The van der Waals surface area contributed by atoms with Crippen molar-refractivity contribution >= 4 is 28.9 Å². The Morgan fingerprint density at radius 1 is 1.18 bits per heavy atom. The lowest BCUT2D eigenvalue weighted by Gasteiger charge is -2.21. The SMILES string of the molecule is Cc1c(Cl)cccc1NC(=O)c1ccc(NC(C)(C)C)cn1. The van der Waals surface area contributed by atoms with Crippen LogP contribution >= 0.6 is 11.6 Å². The summed E-state index contributed by atoms with van der Waals surface area (Å²) in [7, 11) is 0. The summed E-state index contributed by atoms with van der Waals surface area (Å²) in [4.78, 5) is 16.4. The summed E-state index contributed by atoms with van der Waals surface area (Å²) in [6, 6.07) is 8.95. The Balaban J connectivity index is 2.12. The molecule has 4 nitrogen and oxygen atoms in total.